The Morgan fingerprint density at radius 3 is 2.32 bits per heavy atom. The van der Waals surface area contributed by atoms with E-state index in [1.54, 1.807) is 18.2 Å². The topological polar surface area (TPSA) is 81.7 Å². The Balaban J connectivity index is 2.11. The molecule has 2 rings (SSSR count). The fraction of sp³-hybridized carbons (Fsp3) is 0.133. The van der Waals surface area contributed by atoms with E-state index in [2.05, 4.69) is 15.0 Å². The molecule has 0 unspecified atom stereocenters. The van der Waals surface area contributed by atoms with Crippen molar-refractivity contribution in [3.05, 3.63) is 53.3 Å². The van der Waals surface area contributed by atoms with Crippen molar-refractivity contribution in [3.63, 3.8) is 0 Å². The van der Waals surface area contributed by atoms with Gasteiger partial charge >= 0.3 is 6.61 Å². The summed E-state index contributed by atoms with van der Waals surface area (Å²) in [5.74, 6) is -0.0334. The molecule has 0 bridgehead atoms. The summed E-state index contributed by atoms with van der Waals surface area (Å²) in [5.41, 5.74) is 1.66. The second-order valence-corrected chi connectivity index (χ2v) is 4.17. The number of nitriles is 2. The Labute approximate surface area is 125 Å². The Kier molecular flexibility index (Phi) is 4.84. The Hall–Kier alpha value is -3.19. The number of benzene rings is 1. The van der Waals surface area contributed by atoms with E-state index in [-0.39, 0.29) is 12.3 Å². The van der Waals surface area contributed by atoms with Gasteiger partial charge in [0.2, 0.25) is 0 Å². The van der Waals surface area contributed by atoms with Gasteiger partial charge in [0.25, 0.3) is 0 Å². The molecule has 0 spiro atoms. The first kappa shape index (κ1) is 15.2. The van der Waals surface area contributed by atoms with Gasteiger partial charge in [0.15, 0.2) is 0 Å². The first-order valence-corrected chi connectivity index (χ1v) is 6.21. The van der Waals surface area contributed by atoms with Gasteiger partial charge < -0.3 is 10.1 Å². The van der Waals surface area contributed by atoms with Gasteiger partial charge in [0.05, 0.1) is 35.2 Å². The highest BCUT2D eigenvalue weighted by molar-refractivity contribution is 5.66. The third kappa shape index (κ3) is 3.68. The second-order valence-electron chi connectivity index (χ2n) is 4.17. The quantitative estimate of drug-likeness (QED) is 0.917. The molecule has 0 saturated carbocycles. The standard InChI is InChI=1S/C15H10F2N4O/c16-15(17)22-13-5-4-12(20-9-13)8-21-14-10(6-18)2-1-3-11(14)7-19/h1-5,9,15,21H,8H2. The number of hydrogen-bond acceptors (Lipinski definition) is 5. The maximum atomic E-state index is 12.0. The van der Waals surface area contributed by atoms with Crippen molar-refractivity contribution >= 4 is 5.69 Å². The molecule has 22 heavy (non-hydrogen) atoms. The van der Waals surface area contributed by atoms with E-state index in [1.807, 2.05) is 12.1 Å². The second kappa shape index (κ2) is 7.00. The minimum Gasteiger partial charge on any atom is -0.433 e. The third-order valence-electron chi connectivity index (χ3n) is 2.77. The molecular formula is C15H10F2N4O. The molecule has 0 aliphatic carbocycles. The summed E-state index contributed by atoms with van der Waals surface area (Å²) in [6.45, 7) is -2.66. The average Bonchev–Trinajstić information content (AvgIpc) is 2.53. The number of anilines is 1. The van der Waals surface area contributed by atoms with E-state index in [0.29, 0.717) is 22.5 Å². The van der Waals surface area contributed by atoms with Crippen molar-refractivity contribution in [2.45, 2.75) is 13.2 Å². The first-order valence-electron chi connectivity index (χ1n) is 6.21. The molecule has 0 fully saturated rings. The number of alkyl halides is 2. The number of rotatable bonds is 5. The van der Waals surface area contributed by atoms with Crippen molar-refractivity contribution in [1.82, 2.24) is 4.98 Å². The highest BCUT2D eigenvalue weighted by Crippen LogP contribution is 2.21. The van der Waals surface area contributed by atoms with Crippen molar-refractivity contribution in [2.24, 2.45) is 0 Å². The van der Waals surface area contributed by atoms with Crippen LogP contribution in [-0.4, -0.2) is 11.6 Å². The van der Waals surface area contributed by atoms with Crippen LogP contribution < -0.4 is 10.1 Å². The minimum absolute atomic E-state index is 0.0334. The van der Waals surface area contributed by atoms with Crippen LogP contribution in [0.15, 0.2) is 36.5 Å². The number of pyridine rings is 1. The zero-order chi connectivity index (χ0) is 15.9. The van der Waals surface area contributed by atoms with E-state index >= 15 is 0 Å². The van der Waals surface area contributed by atoms with E-state index in [1.165, 1.54) is 18.3 Å². The van der Waals surface area contributed by atoms with Crippen molar-refractivity contribution in [1.29, 1.82) is 10.5 Å². The lowest BCUT2D eigenvalue weighted by atomic mass is 10.1. The molecule has 0 amide bonds. The van der Waals surface area contributed by atoms with Crippen LogP contribution in [-0.2, 0) is 6.54 Å². The van der Waals surface area contributed by atoms with E-state index in [4.69, 9.17) is 10.5 Å². The first-order chi connectivity index (χ1) is 10.6. The molecule has 0 atom stereocenters. The molecule has 0 aliphatic heterocycles. The van der Waals surface area contributed by atoms with Crippen molar-refractivity contribution in [2.75, 3.05) is 5.32 Å². The average molecular weight is 300 g/mol. The van der Waals surface area contributed by atoms with Crippen LogP contribution in [0.3, 0.4) is 0 Å². The SMILES string of the molecule is N#Cc1cccc(C#N)c1NCc1ccc(OC(F)F)cn1. The van der Waals surface area contributed by atoms with Crippen LogP contribution >= 0.6 is 0 Å². The van der Waals surface area contributed by atoms with E-state index in [9.17, 15) is 8.78 Å². The van der Waals surface area contributed by atoms with Gasteiger partial charge in [0, 0.05) is 0 Å². The number of para-hydroxylation sites is 1. The van der Waals surface area contributed by atoms with Gasteiger partial charge in [-0.3, -0.25) is 4.98 Å². The molecule has 110 valence electrons. The molecular weight excluding hydrogens is 290 g/mol. The lowest BCUT2D eigenvalue weighted by Crippen LogP contribution is -2.06. The summed E-state index contributed by atoms with van der Waals surface area (Å²) in [5, 5.41) is 21.1. The van der Waals surface area contributed by atoms with Crippen LogP contribution in [0.25, 0.3) is 0 Å². The van der Waals surface area contributed by atoms with Gasteiger partial charge in [0.1, 0.15) is 17.9 Å². The normalized spacial score (nSPS) is 9.86. The number of nitrogens with zero attached hydrogens (tertiary/aromatic N) is 3. The predicted molar refractivity (Wildman–Crippen MR) is 74.1 cm³/mol. The smallest absolute Gasteiger partial charge is 0.387 e. The highest BCUT2D eigenvalue weighted by Gasteiger charge is 2.08. The molecule has 1 aromatic carbocycles. The summed E-state index contributed by atoms with van der Waals surface area (Å²) in [7, 11) is 0. The summed E-state index contributed by atoms with van der Waals surface area (Å²) in [6.07, 6.45) is 1.19. The van der Waals surface area contributed by atoms with Crippen LogP contribution in [0.5, 0.6) is 5.75 Å². The van der Waals surface area contributed by atoms with Crippen molar-refractivity contribution < 1.29 is 13.5 Å². The number of halogens is 2. The van der Waals surface area contributed by atoms with E-state index in [0.717, 1.165) is 0 Å². The fourth-order valence-corrected chi connectivity index (χ4v) is 1.80. The zero-order valence-corrected chi connectivity index (χ0v) is 11.3. The molecule has 1 aromatic heterocycles. The Bertz CT molecular complexity index is 700. The monoisotopic (exact) mass is 300 g/mol. The number of nitrogens with one attached hydrogen (secondary N) is 1. The molecule has 1 N–H and O–H groups in total. The lowest BCUT2D eigenvalue weighted by Gasteiger charge is -2.10. The minimum atomic E-state index is -2.90. The van der Waals surface area contributed by atoms with Crippen LogP contribution in [0.4, 0.5) is 14.5 Å². The van der Waals surface area contributed by atoms with Crippen LogP contribution in [0.1, 0.15) is 16.8 Å². The molecule has 2 aromatic rings. The summed E-state index contributed by atoms with van der Waals surface area (Å²) >= 11 is 0. The van der Waals surface area contributed by atoms with Gasteiger partial charge in [-0.15, -0.1) is 0 Å². The molecule has 7 heteroatoms. The Morgan fingerprint density at radius 2 is 1.82 bits per heavy atom. The molecule has 0 radical (unpaired) electrons. The molecule has 0 aliphatic rings. The largest absolute Gasteiger partial charge is 0.433 e. The van der Waals surface area contributed by atoms with E-state index < -0.39 is 6.61 Å². The van der Waals surface area contributed by atoms with Gasteiger partial charge in [-0.25, -0.2) is 0 Å². The maximum Gasteiger partial charge on any atom is 0.387 e. The number of aromatic nitrogens is 1. The predicted octanol–water partition coefficient (Wildman–Crippen LogP) is 3.04. The fourth-order valence-electron chi connectivity index (χ4n) is 1.80. The van der Waals surface area contributed by atoms with Gasteiger partial charge in [-0.1, -0.05) is 6.07 Å². The van der Waals surface area contributed by atoms with Crippen LogP contribution in [0, 0.1) is 22.7 Å². The summed E-state index contributed by atoms with van der Waals surface area (Å²) in [6, 6.07) is 11.7. The zero-order valence-electron chi connectivity index (χ0n) is 11.3. The lowest BCUT2D eigenvalue weighted by molar-refractivity contribution is -0.0500. The van der Waals surface area contributed by atoms with Crippen LogP contribution in [0.2, 0.25) is 0 Å². The highest BCUT2D eigenvalue weighted by atomic mass is 19.3. The molecule has 1 heterocycles. The Morgan fingerprint density at radius 1 is 1.14 bits per heavy atom. The third-order valence-corrected chi connectivity index (χ3v) is 2.77. The maximum absolute atomic E-state index is 12.0. The van der Waals surface area contributed by atoms with Crippen molar-refractivity contribution in [3.8, 4) is 17.9 Å². The number of ether oxygens (including phenoxy) is 1. The number of hydrogen-bond donors (Lipinski definition) is 1. The summed E-state index contributed by atoms with van der Waals surface area (Å²) < 4.78 is 28.3. The molecule has 0 saturated heterocycles. The summed E-state index contributed by atoms with van der Waals surface area (Å²) in [4.78, 5) is 3.97. The molecule has 5 nitrogen and oxygen atoms in total. The van der Waals surface area contributed by atoms with Gasteiger partial charge in [-0.2, -0.15) is 19.3 Å². The van der Waals surface area contributed by atoms with Gasteiger partial charge in [-0.05, 0) is 24.3 Å².